The molecule has 0 atom stereocenters. The van der Waals surface area contributed by atoms with Gasteiger partial charge in [0.15, 0.2) is 5.75 Å². The Morgan fingerprint density at radius 1 is 0.731 bits per heavy atom. The predicted molar refractivity (Wildman–Crippen MR) is 108 cm³/mol. The minimum atomic E-state index is 0.0743. The standard InChI is InChI=1S/C24H21NO/c1-17(2)26-24-22(19-12-7-4-8-13-19)16-21(18-10-5-3-6-11-18)20-14-9-15-25-23(20)24/h3-17H,1-2H3. The molecule has 0 saturated heterocycles. The van der Waals surface area contributed by atoms with Gasteiger partial charge in [0.25, 0.3) is 0 Å². The Morgan fingerprint density at radius 3 is 1.96 bits per heavy atom. The molecule has 0 fully saturated rings. The summed E-state index contributed by atoms with van der Waals surface area (Å²) in [6.45, 7) is 4.10. The molecule has 26 heavy (non-hydrogen) atoms. The third kappa shape index (κ3) is 3.06. The molecule has 0 aliphatic rings. The van der Waals surface area contributed by atoms with Crippen molar-refractivity contribution in [3.05, 3.63) is 85.1 Å². The second-order valence-corrected chi connectivity index (χ2v) is 6.60. The number of rotatable bonds is 4. The fraction of sp³-hybridized carbons (Fsp3) is 0.125. The Balaban J connectivity index is 2.08. The van der Waals surface area contributed by atoms with E-state index in [1.165, 1.54) is 11.1 Å². The lowest BCUT2D eigenvalue weighted by Crippen LogP contribution is -2.08. The van der Waals surface area contributed by atoms with Crippen LogP contribution in [0.25, 0.3) is 33.2 Å². The van der Waals surface area contributed by atoms with Crippen molar-refractivity contribution in [2.24, 2.45) is 0 Å². The highest BCUT2D eigenvalue weighted by Crippen LogP contribution is 2.41. The summed E-state index contributed by atoms with van der Waals surface area (Å²) in [6, 6.07) is 27.2. The van der Waals surface area contributed by atoms with Crippen molar-refractivity contribution >= 4 is 10.9 Å². The molecule has 0 aliphatic heterocycles. The van der Waals surface area contributed by atoms with E-state index in [0.29, 0.717) is 0 Å². The molecule has 0 aliphatic carbocycles. The summed E-state index contributed by atoms with van der Waals surface area (Å²) in [5.41, 5.74) is 5.46. The molecule has 1 aromatic heterocycles. The lowest BCUT2D eigenvalue weighted by atomic mass is 9.94. The highest BCUT2D eigenvalue weighted by Gasteiger charge is 2.17. The van der Waals surface area contributed by atoms with Gasteiger partial charge in [-0.3, -0.25) is 4.98 Å². The Hall–Kier alpha value is -3.13. The zero-order valence-corrected chi connectivity index (χ0v) is 15.0. The number of ether oxygens (including phenoxy) is 1. The minimum absolute atomic E-state index is 0.0743. The number of hydrogen-bond donors (Lipinski definition) is 0. The molecule has 0 amide bonds. The van der Waals surface area contributed by atoms with Gasteiger partial charge >= 0.3 is 0 Å². The minimum Gasteiger partial charge on any atom is -0.488 e. The van der Waals surface area contributed by atoms with Crippen molar-refractivity contribution in [3.8, 4) is 28.0 Å². The molecule has 0 radical (unpaired) electrons. The fourth-order valence-corrected chi connectivity index (χ4v) is 3.26. The van der Waals surface area contributed by atoms with Gasteiger partial charge in [0.1, 0.15) is 5.52 Å². The molecule has 2 nitrogen and oxygen atoms in total. The third-order valence-corrected chi connectivity index (χ3v) is 4.37. The van der Waals surface area contributed by atoms with Crippen LogP contribution in [0.5, 0.6) is 5.75 Å². The van der Waals surface area contributed by atoms with Crippen LogP contribution in [-0.2, 0) is 0 Å². The van der Waals surface area contributed by atoms with Gasteiger partial charge in [-0.1, -0.05) is 66.7 Å². The summed E-state index contributed by atoms with van der Waals surface area (Å²) in [6.07, 6.45) is 1.91. The van der Waals surface area contributed by atoms with Crippen molar-refractivity contribution in [2.75, 3.05) is 0 Å². The smallest absolute Gasteiger partial charge is 0.153 e. The first-order valence-corrected chi connectivity index (χ1v) is 8.93. The highest BCUT2D eigenvalue weighted by atomic mass is 16.5. The van der Waals surface area contributed by atoms with Crippen LogP contribution in [0.4, 0.5) is 0 Å². The summed E-state index contributed by atoms with van der Waals surface area (Å²) in [5, 5.41) is 1.11. The van der Waals surface area contributed by atoms with Gasteiger partial charge in [0, 0.05) is 17.1 Å². The van der Waals surface area contributed by atoms with E-state index in [1.54, 1.807) is 0 Å². The maximum absolute atomic E-state index is 6.24. The second-order valence-electron chi connectivity index (χ2n) is 6.60. The van der Waals surface area contributed by atoms with Crippen LogP contribution < -0.4 is 4.74 Å². The van der Waals surface area contributed by atoms with Crippen molar-refractivity contribution in [3.63, 3.8) is 0 Å². The van der Waals surface area contributed by atoms with Gasteiger partial charge < -0.3 is 4.74 Å². The quantitative estimate of drug-likeness (QED) is 0.432. The molecule has 0 N–H and O–H groups in total. The van der Waals surface area contributed by atoms with Crippen molar-refractivity contribution < 1.29 is 4.74 Å². The van der Waals surface area contributed by atoms with E-state index in [1.807, 2.05) is 24.4 Å². The van der Waals surface area contributed by atoms with E-state index in [4.69, 9.17) is 4.74 Å². The average molecular weight is 339 g/mol. The van der Waals surface area contributed by atoms with E-state index in [0.717, 1.165) is 27.8 Å². The summed E-state index contributed by atoms with van der Waals surface area (Å²) >= 11 is 0. The molecule has 0 saturated carbocycles. The van der Waals surface area contributed by atoms with Crippen molar-refractivity contribution in [1.29, 1.82) is 0 Å². The Bertz CT molecular complexity index is 1020. The fourth-order valence-electron chi connectivity index (χ4n) is 3.26. The first kappa shape index (κ1) is 16.3. The number of pyridine rings is 1. The van der Waals surface area contributed by atoms with Crippen LogP contribution in [-0.4, -0.2) is 11.1 Å². The number of aromatic nitrogens is 1. The summed E-state index contributed by atoms with van der Waals surface area (Å²) in [7, 11) is 0. The largest absolute Gasteiger partial charge is 0.488 e. The number of benzene rings is 3. The SMILES string of the molecule is CC(C)Oc1c(-c2ccccc2)cc(-c2ccccc2)c2cccnc12. The first-order chi connectivity index (χ1) is 12.7. The van der Waals surface area contributed by atoms with E-state index in [9.17, 15) is 0 Å². The highest BCUT2D eigenvalue weighted by molar-refractivity contribution is 6.02. The number of nitrogens with zero attached hydrogens (tertiary/aromatic N) is 1. The summed E-state index contributed by atoms with van der Waals surface area (Å²) < 4.78 is 6.24. The van der Waals surface area contributed by atoms with Gasteiger partial charge in [-0.2, -0.15) is 0 Å². The number of hydrogen-bond acceptors (Lipinski definition) is 2. The molecule has 1 heterocycles. The van der Waals surface area contributed by atoms with Crippen molar-refractivity contribution in [2.45, 2.75) is 20.0 Å². The number of fused-ring (bicyclic) bond motifs is 1. The zero-order chi connectivity index (χ0) is 17.9. The van der Waals surface area contributed by atoms with Gasteiger partial charge in [-0.15, -0.1) is 0 Å². The summed E-state index contributed by atoms with van der Waals surface area (Å²) in [4.78, 5) is 4.68. The van der Waals surface area contributed by atoms with Crippen LogP contribution in [0.3, 0.4) is 0 Å². The summed E-state index contributed by atoms with van der Waals surface area (Å²) in [5.74, 6) is 0.849. The molecule has 3 aromatic carbocycles. The second kappa shape index (κ2) is 7.01. The van der Waals surface area contributed by atoms with Gasteiger partial charge in [0.2, 0.25) is 0 Å². The topological polar surface area (TPSA) is 22.1 Å². The van der Waals surface area contributed by atoms with Crippen LogP contribution in [0.1, 0.15) is 13.8 Å². The molecule has 4 rings (SSSR count). The zero-order valence-electron chi connectivity index (χ0n) is 15.0. The van der Waals surface area contributed by atoms with Gasteiger partial charge in [0.05, 0.1) is 6.10 Å². The van der Waals surface area contributed by atoms with E-state index in [-0.39, 0.29) is 6.10 Å². The maximum Gasteiger partial charge on any atom is 0.153 e. The molecule has 0 bridgehead atoms. The van der Waals surface area contributed by atoms with Gasteiger partial charge in [-0.05, 0) is 42.7 Å². The molecule has 0 spiro atoms. The molecule has 128 valence electrons. The average Bonchev–Trinajstić information content (AvgIpc) is 2.69. The molecule has 0 unspecified atom stereocenters. The Morgan fingerprint density at radius 2 is 1.35 bits per heavy atom. The first-order valence-electron chi connectivity index (χ1n) is 8.93. The molecular weight excluding hydrogens is 318 g/mol. The lowest BCUT2D eigenvalue weighted by molar-refractivity contribution is 0.246. The predicted octanol–water partition coefficient (Wildman–Crippen LogP) is 6.36. The molecular formula is C24H21NO. The van der Waals surface area contributed by atoms with E-state index < -0.39 is 0 Å². The van der Waals surface area contributed by atoms with Crippen LogP contribution >= 0.6 is 0 Å². The molecule has 4 aromatic rings. The normalized spacial score (nSPS) is 11.0. The lowest BCUT2D eigenvalue weighted by Gasteiger charge is -2.19. The monoisotopic (exact) mass is 339 g/mol. The van der Waals surface area contributed by atoms with Crippen LogP contribution in [0.2, 0.25) is 0 Å². The van der Waals surface area contributed by atoms with Crippen LogP contribution in [0.15, 0.2) is 85.1 Å². The van der Waals surface area contributed by atoms with E-state index >= 15 is 0 Å². The third-order valence-electron chi connectivity index (χ3n) is 4.37. The Kier molecular flexibility index (Phi) is 4.40. The molecule has 2 heteroatoms. The van der Waals surface area contributed by atoms with Gasteiger partial charge in [-0.25, -0.2) is 0 Å². The van der Waals surface area contributed by atoms with E-state index in [2.05, 4.69) is 79.5 Å². The maximum atomic E-state index is 6.24. The Labute approximate surface area is 154 Å². The van der Waals surface area contributed by atoms with Crippen molar-refractivity contribution in [1.82, 2.24) is 4.98 Å². The van der Waals surface area contributed by atoms with Crippen LogP contribution in [0, 0.1) is 0 Å².